The molecule has 6 nitrogen and oxygen atoms in total. The molecular weight excluding hydrogens is 278 g/mol. The quantitative estimate of drug-likeness (QED) is 0.612. The minimum atomic E-state index is -0.536. The zero-order valence-corrected chi connectivity index (χ0v) is 11.5. The Morgan fingerprint density at radius 1 is 1.14 bits per heavy atom. The predicted octanol–water partition coefficient (Wildman–Crippen LogP) is 2.04. The van der Waals surface area contributed by atoms with Crippen LogP contribution < -0.4 is 5.73 Å². The van der Waals surface area contributed by atoms with Gasteiger partial charge in [0.05, 0.1) is 11.1 Å². The van der Waals surface area contributed by atoms with Crippen molar-refractivity contribution in [2.75, 3.05) is 0 Å². The van der Waals surface area contributed by atoms with Gasteiger partial charge < -0.3 is 5.73 Å². The maximum Gasteiger partial charge on any atom is 0.251 e. The first-order valence-corrected chi connectivity index (χ1v) is 6.71. The number of amides is 1. The third-order valence-corrected chi connectivity index (χ3v) is 3.57. The standard InChI is InChI=1S/C16H11N5O/c17-14(22)12-9-18-6-5-10(12)16-20-13-4-2-1-3-11(13)15-19-7-8-21(15)16/h1-9H,(H2,17,22). The number of aromatic nitrogens is 4. The second kappa shape index (κ2) is 4.63. The van der Waals surface area contributed by atoms with E-state index in [-0.39, 0.29) is 0 Å². The van der Waals surface area contributed by atoms with E-state index in [1.54, 1.807) is 18.5 Å². The SMILES string of the molecule is NC(=O)c1cnccc1-c1nc2ccccc2c2nccn12. The van der Waals surface area contributed by atoms with Gasteiger partial charge in [0.1, 0.15) is 11.5 Å². The molecule has 6 heteroatoms. The van der Waals surface area contributed by atoms with Gasteiger partial charge in [-0.1, -0.05) is 12.1 Å². The molecular formula is C16H11N5O. The molecule has 0 atom stereocenters. The van der Waals surface area contributed by atoms with E-state index in [0.717, 1.165) is 16.6 Å². The molecule has 0 saturated carbocycles. The van der Waals surface area contributed by atoms with Crippen molar-refractivity contribution in [1.29, 1.82) is 0 Å². The van der Waals surface area contributed by atoms with Crippen LogP contribution in [0.4, 0.5) is 0 Å². The summed E-state index contributed by atoms with van der Waals surface area (Å²) in [6.45, 7) is 0. The van der Waals surface area contributed by atoms with Crippen molar-refractivity contribution in [3.63, 3.8) is 0 Å². The first kappa shape index (κ1) is 12.5. The Hall–Kier alpha value is -3.28. The zero-order chi connectivity index (χ0) is 15.1. The Morgan fingerprint density at radius 2 is 2.00 bits per heavy atom. The number of imidazole rings is 1. The Bertz CT molecular complexity index is 1020. The van der Waals surface area contributed by atoms with Crippen LogP contribution in [0.1, 0.15) is 10.4 Å². The Balaban J connectivity index is 2.14. The van der Waals surface area contributed by atoms with Crippen LogP contribution in [0, 0.1) is 0 Å². The summed E-state index contributed by atoms with van der Waals surface area (Å²) in [5, 5.41) is 0.950. The van der Waals surface area contributed by atoms with Gasteiger partial charge in [-0.25, -0.2) is 9.97 Å². The first-order valence-electron chi connectivity index (χ1n) is 6.71. The normalized spacial score (nSPS) is 11.1. The van der Waals surface area contributed by atoms with E-state index < -0.39 is 5.91 Å². The van der Waals surface area contributed by atoms with Gasteiger partial charge in [-0.3, -0.25) is 14.2 Å². The summed E-state index contributed by atoms with van der Waals surface area (Å²) in [4.78, 5) is 24.7. The molecule has 0 spiro atoms. The van der Waals surface area contributed by atoms with Gasteiger partial charge in [0.25, 0.3) is 5.91 Å². The van der Waals surface area contributed by atoms with Gasteiger partial charge in [-0.2, -0.15) is 0 Å². The maximum absolute atomic E-state index is 11.7. The van der Waals surface area contributed by atoms with Gasteiger partial charge in [0.2, 0.25) is 0 Å². The lowest BCUT2D eigenvalue weighted by Gasteiger charge is -2.10. The summed E-state index contributed by atoms with van der Waals surface area (Å²) in [6.07, 6.45) is 6.59. The fourth-order valence-corrected chi connectivity index (χ4v) is 2.58. The van der Waals surface area contributed by atoms with Crippen molar-refractivity contribution in [2.24, 2.45) is 5.73 Å². The molecule has 3 heterocycles. The Morgan fingerprint density at radius 3 is 2.86 bits per heavy atom. The summed E-state index contributed by atoms with van der Waals surface area (Å²) in [5.41, 5.74) is 8.02. The van der Waals surface area contributed by atoms with Crippen molar-refractivity contribution in [3.8, 4) is 11.4 Å². The molecule has 2 N–H and O–H groups in total. The van der Waals surface area contributed by atoms with E-state index in [4.69, 9.17) is 5.73 Å². The molecule has 0 aliphatic rings. The minimum absolute atomic E-state index is 0.334. The van der Waals surface area contributed by atoms with E-state index >= 15 is 0 Å². The molecule has 1 aromatic carbocycles. The molecule has 22 heavy (non-hydrogen) atoms. The molecule has 4 rings (SSSR count). The number of carbonyl (C=O) groups excluding carboxylic acids is 1. The minimum Gasteiger partial charge on any atom is -0.366 e. The zero-order valence-electron chi connectivity index (χ0n) is 11.5. The number of carbonyl (C=O) groups is 1. The van der Waals surface area contributed by atoms with Crippen LogP contribution in [0.3, 0.4) is 0 Å². The fraction of sp³-hybridized carbons (Fsp3) is 0. The summed E-state index contributed by atoms with van der Waals surface area (Å²) in [7, 11) is 0. The first-order chi connectivity index (χ1) is 10.8. The van der Waals surface area contributed by atoms with Gasteiger partial charge in [-0.05, 0) is 18.2 Å². The van der Waals surface area contributed by atoms with Crippen molar-refractivity contribution in [3.05, 3.63) is 60.7 Å². The number of rotatable bonds is 2. The van der Waals surface area contributed by atoms with Crippen molar-refractivity contribution in [2.45, 2.75) is 0 Å². The van der Waals surface area contributed by atoms with Crippen LogP contribution in [0.5, 0.6) is 0 Å². The number of nitrogens with zero attached hydrogens (tertiary/aromatic N) is 4. The van der Waals surface area contributed by atoms with Crippen LogP contribution in [-0.4, -0.2) is 25.3 Å². The molecule has 0 radical (unpaired) electrons. The molecule has 106 valence electrons. The van der Waals surface area contributed by atoms with Gasteiger partial charge in [0, 0.05) is 35.7 Å². The second-order valence-electron chi connectivity index (χ2n) is 4.86. The molecule has 0 aliphatic carbocycles. The van der Waals surface area contributed by atoms with Crippen LogP contribution in [0.25, 0.3) is 27.9 Å². The number of primary amides is 1. The van der Waals surface area contributed by atoms with Crippen LogP contribution in [0.2, 0.25) is 0 Å². The van der Waals surface area contributed by atoms with Crippen molar-refractivity contribution < 1.29 is 4.79 Å². The van der Waals surface area contributed by atoms with E-state index in [1.165, 1.54) is 6.20 Å². The predicted molar refractivity (Wildman–Crippen MR) is 82.2 cm³/mol. The number of hydrogen-bond acceptors (Lipinski definition) is 4. The second-order valence-corrected chi connectivity index (χ2v) is 4.86. The van der Waals surface area contributed by atoms with Crippen LogP contribution in [0.15, 0.2) is 55.1 Å². The highest BCUT2D eigenvalue weighted by Gasteiger charge is 2.16. The average Bonchev–Trinajstić information content (AvgIpc) is 3.04. The highest BCUT2D eigenvalue weighted by molar-refractivity contribution is 6.00. The third kappa shape index (κ3) is 1.74. The van der Waals surface area contributed by atoms with Crippen LogP contribution in [-0.2, 0) is 0 Å². The maximum atomic E-state index is 11.7. The van der Waals surface area contributed by atoms with Gasteiger partial charge in [0.15, 0.2) is 0 Å². The number of benzene rings is 1. The summed E-state index contributed by atoms with van der Waals surface area (Å²) in [5.74, 6) is 0.0775. The lowest BCUT2D eigenvalue weighted by molar-refractivity contribution is 0.100. The smallest absolute Gasteiger partial charge is 0.251 e. The summed E-state index contributed by atoms with van der Waals surface area (Å²) >= 11 is 0. The molecule has 0 unspecified atom stereocenters. The van der Waals surface area contributed by atoms with E-state index in [1.807, 2.05) is 34.9 Å². The molecule has 0 aliphatic heterocycles. The third-order valence-electron chi connectivity index (χ3n) is 3.57. The molecule has 0 fully saturated rings. The van der Waals surface area contributed by atoms with E-state index in [9.17, 15) is 4.79 Å². The molecule has 4 aromatic rings. The molecule has 3 aromatic heterocycles. The summed E-state index contributed by atoms with van der Waals surface area (Å²) < 4.78 is 1.85. The number of fused-ring (bicyclic) bond motifs is 3. The number of para-hydroxylation sites is 1. The van der Waals surface area contributed by atoms with Crippen LogP contribution >= 0.6 is 0 Å². The molecule has 1 amide bonds. The summed E-state index contributed by atoms with van der Waals surface area (Å²) in [6, 6.07) is 9.48. The number of hydrogen-bond donors (Lipinski definition) is 1. The fourth-order valence-electron chi connectivity index (χ4n) is 2.58. The largest absolute Gasteiger partial charge is 0.366 e. The van der Waals surface area contributed by atoms with Crippen molar-refractivity contribution >= 4 is 22.5 Å². The average molecular weight is 289 g/mol. The lowest BCUT2D eigenvalue weighted by Crippen LogP contribution is -2.13. The number of nitrogens with two attached hydrogens (primary N) is 1. The number of pyridine rings is 1. The Labute approximate surface area is 125 Å². The molecule has 0 saturated heterocycles. The highest BCUT2D eigenvalue weighted by atomic mass is 16.1. The van der Waals surface area contributed by atoms with Crippen molar-refractivity contribution in [1.82, 2.24) is 19.4 Å². The Kier molecular flexibility index (Phi) is 2.62. The topological polar surface area (TPSA) is 86.2 Å². The van der Waals surface area contributed by atoms with Gasteiger partial charge in [-0.15, -0.1) is 0 Å². The monoisotopic (exact) mass is 289 g/mol. The highest BCUT2D eigenvalue weighted by Crippen LogP contribution is 2.26. The van der Waals surface area contributed by atoms with E-state index in [2.05, 4.69) is 15.0 Å². The van der Waals surface area contributed by atoms with Gasteiger partial charge >= 0.3 is 0 Å². The molecule has 0 bridgehead atoms. The lowest BCUT2D eigenvalue weighted by atomic mass is 10.1. The van der Waals surface area contributed by atoms with E-state index in [0.29, 0.717) is 17.0 Å².